The number of hydrogen-bond donors (Lipinski definition) is 1. The van der Waals surface area contributed by atoms with Gasteiger partial charge in [0.1, 0.15) is 5.82 Å². The number of rotatable bonds is 6. The summed E-state index contributed by atoms with van der Waals surface area (Å²) in [6.07, 6.45) is 1.64. The minimum absolute atomic E-state index is 0.0817. The number of piperazine rings is 1. The Kier molecular flexibility index (Phi) is 6.48. The second-order valence-electron chi connectivity index (χ2n) is 7.40. The summed E-state index contributed by atoms with van der Waals surface area (Å²) >= 11 is 0. The van der Waals surface area contributed by atoms with E-state index in [1.54, 1.807) is 42.6 Å². The Bertz CT molecular complexity index is 1180. The zero-order valence-corrected chi connectivity index (χ0v) is 18.1. The molecule has 0 radical (unpaired) electrons. The van der Waals surface area contributed by atoms with Crippen molar-refractivity contribution in [3.05, 3.63) is 90.0 Å². The van der Waals surface area contributed by atoms with E-state index in [0.717, 1.165) is 5.69 Å². The molecule has 0 saturated carbocycles. The molecule has 2 heterocycles. The van der Waals surface area contributed by atoms with Gasteiger partial charge in [0.25, 0.3) is 5.91 Å². The molecule has 32 heavy (non-hydrogen) atoms. The van der Waals surface area contributed by atoms with Crippen molar-refractivity contribution < 1.29 is 17.6 Å². The Morgan fingerprint density at radius 2 is 1.72 bits per heavy atom. The molecular weight excluding hydrogens is 431 g/mol. The van der Waals surface area contributed by atoms with Crippen LogP contribution < -0.4 is 10.2 Å². The highest BCUT2D eigenvalue weighted by Gasteiger charge is 2.29. The van der Waals surface area contributed by atoms with Gasteiger partial charge < -0.3 is 10.2 Å². The van der Waals surface area contributed by atoms with Gasteiger partial charge in [-0.15, -0.1) is 0 Å². The fraction of sp³-hybridized carbons (Fsp3) is 0.217. The average Bonchev–Trinajstić information content (AvgIpc) is 2.84. The minimum atomic E-state index is -3.74. The van der Waals surface area contributed by atoms with E-state index >= 15 is 0 Å². The monoisotopic (exact) mass is 454 g/mol. The van der Waals surface area contributed by atoms with Gasteiger partial charge in [-0.25, -0.2) is 12.8 Å². The van der Waals surface area contributed by atoms with Crippen LogP contribution in [0.3, 0.4) is 0 Å². The van der Waals surface area contributed by atoms with Crippen molar-refractivity contribution in [2.24, 2.45) is 0 Å². The molecule has 3 aromatic rings. The molecule has 1 N–H and O–H groups in total. The molecule has 1 fully saturated rings. The van der Waals surface area contributed by atoms with Gasteiger partial charge in [-0.3, -0.25) is 9.78 Å². The smallest absolute Gasteiger partial charge is 0.251 e. The molecule has 1 aliphatic rings. The fourth-order valence-corrected chi connectivity index (χ4v) is 5.03. The van der Waals surface area contributed by atoms with Gasteiger partial charge in [-0.1, -0.05) is 12.1 Å². The molecule has 1 saturated heterocycles. The highest BCUT2D eigenvalue weighted by molar-refractivity contribution is 7.89. The summed E-state index contributed by atoms with van der Waals surface area (Å²) in [5.74, 6) is -0.673. The minimum Gasteiger partial charge on any atom is -0.369 e. The van der Waals surface area contributed by atoms with Crippen LogP contribution >= 0.6 is 0 Å². The largest absolute Gasteiger partial charge is 0.369 e. The average molecular weight is 455 g/mol. The summed E-state index contributed by atoms with van der Waals surface area (Å²) in [5, 5.41) is 2.76. The highest BCUT2D eigenvalue weighted by Crippen LogP contribution is 2.22. The van der Waals surface area contributed by atoms with Crippen molar-refractivity contribution in [1.82, 2.24) is 14.6 Å². The SMILES string of the molecule is O=C(NCc1ccccn1)c1cccc(S(=O)(=O)N2CCN(c3ccc(F)cc3)CC2)c1. The van der Waals surface area contributed by atoms with Gasteiger partial charge in [0, 0.05) is 43.6 Å². The first kappa shape index (κ1) is 21.9. The fourth-order valence-electron chi connectivity index (χ4n) is 3.56. The Morgan fingerprint density at radius 1 is 0.969 bits per heavy atom. The van der Waals surface area contributed by atoms with Crippen LogP contribution in [-0.4, -0.2) is 49.8 Å². The van der Waals surface area contributed by atoms with Crippen molar-refractivity contribution in [2.45, 2.75) is 11.4 Å². The van der Waals surface area contributed by atoms with Crippen molar-refractivity contribution in [2.75, 3.05) is 31.1 Å². The molecule has 9 heteroatoms. The number of carbonyl (C=O) groups excluding carboxylic acids is 1. The molecule has 0 bridgehead atoms. The van der Waals surface area contributed by atoms with Gasteiger partial charge in [-0.2, -0.15) is 4.31 Å². The van der Waals surface area contributed by atoms with Crippen molar-refractivity contribution in [3.8, 4) is 0 Å². The number of pyridine rings is 1. The van der Waals surface area contributed by atoms with E-state index < -0.39 is 10.0 Å². The van der Waals surface area contributed by atoms with Crippen LogP contribution in [0.4, 0.5) is 10.1 Å². The molecule has 0 spiro atoms. The molecule has 0 unspecified atom stereocenters. The van der Waals surface area contributed by atoms with E-state index in [1.165, 1.54) is 28.6 Å². The van der Waals surface area contributed by atoms with E-state index in [-0.39, 0.29) is 28.7 Å². The lowest BCUT2D eigenvalue weighted by molar-refractivity contribution is 0.0950. The molecule has 2 aromatic carbocycles. The second-order valence-corrected chi connectivity index (χ2v) is 9.34. The van der Waals surface area contributed by atoms with Crippen LogP contribution in [0.2, 0.25) is 0 Å². The first-order valence-electron chi connectivity index (χ1n) is 10.2. The molecule has 7 nitrogen and oxygen atoms in total. The van der Waals surface area contributed by atoms with Crippen LogP contribution in [0.15, 0.2) is 77.8 Å². The van der Waals surface area contributed by atoms with Crippen molar-refractivity contribution in [1.29, 1.82) is 0 Å². The van der Waals surface area contributed by atoms with Crippen molar-refractivity contribution in [3.63, 3.8) is 0 Å². The predicted molar refractivity (Wildman–Crippen MR) is 119 cm³/mol. The molecule has 0 aliphatic carbocycles. The highest BCUT2D eigenvalue weighted by atomic mass is 32.2. The summed E-state index contributed by atoms with van der Waals surface area (Å²) < 4.78 is 40.9. The maximum absolute atomic E-state index is 13.1. The number of benzene rings is 2. The number of nitrogens with one attached hydrogen (secondary N) is 1. The van der Waals surface area contributed by atoms with Crippen molar-refractivity contribution >= 4 is 21.6 Å². The zero-order chi connectivity index (χ0) is 22.6. The lowest BCUT2D eigenvalue weighted by Gasteiger charge is -2.35. The van der Waals surface area contributed by atoms with Gasteiger partial charge in [-0.05, 0) is 54.6 Å². The molecule has 1 amide bonds. The van der Waals surface area contributed by atoms with Crippen LogP contribution in [0.25, 0.3) is 0 Å². The molecule has 166 valence electrons. The maximum atomic E-state index is 13.1. The number of halogens is 1. The molecule has 4 rings (SSSR count). The third kappa shape index (κ3) is 4.95. The lowest BCUT2D eigenvalue weighted by Crippen LogP contribution is -2.48. The number of hydrogen-bond acceptors (Lipinski definition) is 5. The zero-order valence-electron chi connectivity index (χ0n) is 17.3. The summed E-state index contributed by atoms with van der Waals surface area (Å²) in [5.41, 5.74) is 1.84. The Hall–Kier alpha value is -3.30. The van der Waals surface area contributed by atoms with Crippen LogP contribution in [-0.2, 0) is 16.6 Å². The van der Waals surface area contributed by atoms with Gasteiger partial charge in [0.2, 0.25) is 10.0 Å². The third-order valence-electron chi connectivity index (χ3n) is 5.32. The summed E-state index contributed by atoms with van der Waals surface area (Å²) in [6.45, 7) is 1.85. The number of aromatic nitrogens is 1. The third-order valence-corrected chi connectivity index (χ3v) is 7.22. The standard InChI is InChI=1S/C23H23FN4O3S/c24-19-7-9-21(10-8-19)27-12-14-28(15-13-27)32(30,31)22-6-3-4-18(16-22)23(29)26-17-20-5-1-2-11-25-20/h1-11,16H,12-15,17H2,(H,26,29). The first-order valence-corrected chi connectivity index (χ1v) is 11.7. The van der Waals surface area contributed by atoms with Crippen LogP contribution in [0.1, 0.15) is 16.1 Å². The second kappa shape index (κ2) is 9.46. The Balaban J connectivity index is 1.41. The van der Waals surface area contributed by atoms with E-state index in [1.807, 2.05) is 11.0 Å². The van der Waals surface area contributed by atoms with E-state index in [4.69, 9.17) is 0 Å². The van der Waals surface area contributed by atoms with E-state index in [2.05, 4.69) is 10.3 Å². The normalized spacial score (nSPS) is 14.8. The number of carbonyl (C=O) groups is 1. The van der Waals surface area contributed by atoms with Gasteiger partial charge >= 0.3 is 0 Å². The van der Waals surface area contributed by atoms with Gasteiger partial charge in [0.05, 0.1) is 17.1 Å². The quantitative estimate of drug-likeness (QED) is 0.619. The van der Waals surface area contributed by atoms with Gasteiger partial charge in [0.15, 0.2) is 0 Å². The first-order chi connectivity index (χ1) is 15.4. The number of amides is 1. The molecule has 1 aromatic heterocycles. The number of sulfonamides is 1. The topological polar surface area (TPSA) is 82.6 Å². The summed E-state index contributed by atoms with van der Waals surface area (Å²) in [6, 6.07) is 17.6. The predicted octanol–water partition coefficient (Wildman–Crippen LogP) is 2.66. The number of nitrogens with zero attached hydrogens (tertiary/aromatic N) is 3. The summed E-state index contributed by atoms with van der Waals surface area (Å²) in [7, 11) is -3.74. The molecule has 0 atom stereocenters. The molecule has 1 aliphatic heterocycles. The maximum Gasteiger partial charge on any atom is 0.251 e. The molecular formula is C23H23FN4O3S. The number of anilines is 1. The summed E-state index contributed by atoms with van der Waals surface area (Å²) in [4.78, 5) is 18.8. The van der Waals surface area contributed by atoms with Crippen LogP contribution in [0, 0.1) is 5.82 Å². The lowest BCUT2D eigenvalue weighted by atomic mass is 10.2. The Morgan fingerprint density at radius 3 is 2.41 bits per heavy atom. The van der Waals surface area contributed by atoms with E-state index in [0.29, 0.717) is 31.9 Å². The van der Waals surface area contributed by atoms with E-state index in [9.17, 15) is 17.6 Å². The van der Waals surface area contributed by atoms with Crippen LogP contribution in [0.5, 0.6) is 0 Å². The Labute approximate surface area is 186 Å².